The minimum Gasteiger partial charge on any atom is -0.490 e. The van der Waals surface area contributed by atoms with Crippen LogP contribution in [0.4, 0.5) is 0 Å². The van der Waals surface area contributed by atoms with Crippen molar-refractivity contribution < 1.29 is 19.4 Å². The SMILES string of the molecule is CC(Oc1cccc(-c2cccc(-n3ncc(C(=O)O)c3C3C[C@@H]3/C(N)=C/N(N)C3CCOCC3)c2)c1)C1CCCCC1. The summed E-state index contributed by atoms with van der Waals surface area (Å²) in [6.45, 7) is 3.57. The first-order valence-corrected chi connectivity index (χ1v) is 15.7. The van der Waals surface area contributed by atoms with Crippen LogP contribution in [-0.2, 0) is 4.74 Å². The number of hydrogen-bond donors (Lipinski definition) is 3. The van der Waals surface area contributed by atoms with Gasteiger partial charge in [-0.3, -0.25) is 0 Å². The van der Waals surface area contributed by atoms with E-state index in [2.05, 4.69) is 36.3 Å². The van der Waals surface area contributed by atoms with Gasteiger partial charge in [-0.05, 0) is 80.3 Å². The normalized spacial score (nSPS) is 22.2. The fraction of sp³-hybridized carbons (Fsp3) is 0.471. The minimum atomic E-state index is -0.995. The van der Waals surface area contributed by atoms with Gasteiger partial charge in [0.05, 0.1) is 23.7 Å². The average molecular weight is 586 g/mol. The highest BCUT2D eigenvalue weighted by atomic mass is 16.5. The van der Waals surface area contributed by atoms with Gasteiger partial charge in [0.1, 0.15) is 11.3 Å². The number of nitrogens with zero attached hydrogens (tertiary/aromatic N) is 3. The van der Waals surface area contributed by atoms with E-state index in [9.17, 15) is 9.90 Å². The molecule has 2 unspecified atom stereocenters. The van der Waals surface area contributed by atoms with Gasteiger partial charge in [0.2, 0.25) is 0 Å². The number of allylic oxidation sites excluding steroid dienone is 1. The van der Waals surface area contributed by atoms with Crippen LogP contribution in [0.5, 0.6) is 5.75 Å². The molecule has 228 valence electrons. The summed E-state index contributed by atoms with van der Waals surface area (Å²) in [4.78, 5) is 12.2. The molecule has 0 radical (unpaired) electrons. The number of carboxylic acid groups (broad SMARTS) is 1. The summed E-state index contributed by atoms with van der Waals surface area (Å²) in [5.41, 5.74) is 10.9. The molecule has 3 atom stereocenters. The summed E-state index contributed by atoms with van der Waals surface area (Å²) in [5, 5.41) is 16.3. The summed E-state index contributed by atoms with van der Waals surface area (Å²) < 4.78 is 13.6. The second-order valence-electron chi connectivity index (χ2n) is 12.3. The van der Waals surface area contributed by atoms with Crippen molar-refractivity contribution in [3.63, 3.8) is 0 Å². The number of aromatic nitrogens is 2. The van der Waals surface area contributed by atoms with Gasteiger partial charge in [-0.1, -0.05) is 43.5 Å². The number of aromatic carboxylic acids is 1. The largest absolute Gasteiger partial charge is 0.490 e. The molecule has 0 spiro atoms. The van der Waals surface area contributed by atoms with E-state index in [0.717, 1.165) is 41.8 Å². The van der Waals surface area contributed by atoms with Crippen molar-refractivity contribution in [3.8, 4) is 22.6 Å². The molecule has 1 aromatic heterocycles. The quantitative estimate of drug-likeness (QED) is 0.200. The third-order valence-electron chi connectivity index (χ3n) is 9.41. The molecule has 2 heterocycles. The molecule has 1 saturated heterocycles. The lowest BCUT2D eigenvalue weighted by molar-refractivity contribution is 0.0490. The smallest absolute Gasteiger partial charge is 0.339 e. The molecule has 5 N–H and O–H groups in total. The predicted octanol–water partition coefficient (Wildman–Crippen LogP) is 5.84. The first kappa shape index (κ1) is 29.3. The topological polar surface area (TPSA) is 129 Å². The lowest BCUT2D eigenvalue weighted by Crippen LogP contribution is -2.41. The van der Waals surface area contributed by atoms with Gasteiger partial charge in [0, 0.05) is 43.0 Å². The van der Waals surface area contributed by atoms with E-state index in [-0.39, 0.29) is 29.5 Å². The molecule has 0 amide bonds. The van der Waals surface area contributed by atoms with Crippen LogP contribution in [-0.4, -0.2) is 51.2 Å². The van der Waals surface area contributed by atoms with Gasteiger partial charge in [-0.15, -0.1) is 0 Å². The van der Waals surface area contributed by atoms with Gasteiger partial charge in [0.15, 0.2) is 0 Å². The summed E-state index contributed by atoms with van der Waals surface area (Å²) >= 11 is 0. The highest BCUT2D eigenvalue weighted by Gasteiger charge is 2.45. The van der Waals surface area contributed by atoms with Crippen LogP contribution in [0.3, 0.4) is 0 Å². The Morgan fingerprint density at radius 1 is 1.09 bits per heavy atom. The lowest BCUT2D eigenvalue weighted by Gasteiger charge is -2.30. The average Bonchev–Trinajstić information content (AvgIpc) is 3.71. The maximum absolute atomic E-state index is 12.2. The monoisotopic (exact) mass is 585 g/mol. The van der Waals surface area contributed by atoms with E-state index >= 15 is 0 Å². The molecule has 6 rings (SSSR count). The maximum Gasteiger partial charge on any atom is 0.339 e. The van der Waals surface area contributed by atoms with Crippen LogP contribution >= 0.6 is 0 Å². The molecule has 1 aliphatic heterocycles. The number of carboxylic acids is 1. The van der Waals surface area contributed by atoms with E-state index in [1.165, 1.54) is 38.3 Å². The Balaban J connectivity index is 1.22. The molecule has 9 nitrogen and oxygen atoms in total. The van der Waals surface area contributed by atoms with Crippen LogP contribution in [0.2, 0.25) is 0 Å². The first-order valence-electron chi connectivity index (χ1n) is 15.7. The van der Waals surface area contributed by atoms with Crippen LogP contribution in [0.15, 0.2) is 66.6 Å². The zero-order valence-electron chi connectivity index (χ0n) is 24.9. The van der Waals surface area contributed by atoms with E-state index in [4.69, 9.17) is 21.1 Å². The zero-order chi connectivity index (χ0) is 29.9. The molecule has 2 aromatic carbocycles. The minimum absolute atomic E-state index is 0.00241. The van der Waals surface area contributed by atoms with Gasteiger partial charge >= 0.3 is 5.97 Å². The molecule has 9 heteroatoms. The van der Waals surface area contributed by atoms with Gasteiger partial charge < -0.3 is 25.3 Å². The van der Waals surface area contributed by atoms with Crippen molar-refractivity contribution in [2.24, 2.45) is 23.4 Å². The molecule has 43 heavy (non-hydrogen) atoms. The molecular formula is C34H43N5O4. The van der Waals surface area contributed by atoms with E-state index in [0.29, 0.717) is 30.5 Å². The van der Waals surface area contributed by atoms with Crippen molar-refractivity contribution >= 4 is 5.97 Å². The highest BCUT2D eigenvalue weighted by molar-refractivity contribution is 5.89. The Morgan fingerprint density at radius 2 is 1.81 bits per heavy atom. The van der Waals surface area contributed by atoms with Crippen molar-refractivity contribution in [1.82, 2.24) is 14.8 Å². The lowest BCUT2D eigenvalue weighted by atomic mass is 9.86. The van der Waals surface area contributed by atoms with E-state index in [1.807, 2.05) is 30.5 Å². The number of hydrazine groups is 1. The Kier molecular flexibility index (Phi) is 8.72. The predicted molar refractivity (Wildman–Crippen MR) is 166 cm³/mol. The fourth-order valence-electron chi connectivity index (χ4n) is 6.79. The van der Waals surface area contributed by atoms with Crippen molar-refractivity contribution in [1.29, 1.82) is 0 Å². The summed E-state index contributed by atoms with van der Waals surface area (Å²) in [7, 11) is 0. The van der Waals surface area contributed by atoms with Gasteiger partial charge in [0.25, 0.3) is 0 Å². The Morgan fingerprint density at radius 3 is 2.56 bits per heavy atom. The molecule has 2 aliphatic carbocycles. The zero-order valence-corrected chi connectivity index (χ0v) is 24.9. The molecule has 2 saturated carbocycles. The maximum atomic E-state index is 12.2. The van der Waals surface area contributed by atoms with Crippen molar-refractivity contribution in [3.05, 3.63) is 77.9 Å². The van der Waals surface area contributed by atoms with Crippen LogP contribution in [0.1, 0.15) is 80.3 Å². The first-order chi connectivity index (χ1) is 20.9. The fourth-order valence-corrected chi connectivity index (χ4v) is 6.79. The van der Waals surface area contributed by atoms with Crippen LogP contribution in [0.25, 0.3) is 16.8 Å². The van der Waals surface area contributed by atoms with E-state index < -0.39 is 5.97 Å². The second kappa shape index (κ2) is 12.8. The van der Waals surface area contributed by atoms with E-state index in [1.54, 1.807) is 9.69 Å². The standard InChI is InChI=1S/C34H43N5O4/c1-22(23-7-3-2-4-8-23)43-28-12-6-10-25(18-28)24-9-5-11-27(17-24)39-33(31(20-37-39)34(40)41)30-19-29(30)32(35)21-38(36)26-13-15-42-16-14-26/h5-6,9-12,17-18,20-23,26,29-30H,2-4,7-8,13-16,19,35-36H2,1H3,(H,40,41)/b32-21-/t22?,29-,30?/m0/s1. The number of benzene rings is 2. The number of rotatable bonds is 10. The third-order valence-corrected chi connectivity index (χ3v) is 9.41. The van der Waals surface area contributed by atoms with Crippen LogP contribution < -0.4 is 16.3 Å². The second-order valence-corrected chi connectivity index (χ2v) is 12.3. The molecule has 3 aromatic rings. The Hall–Kier alpha value is -3.82. The van der Waals surface area contributed by atoms with Crippen molar-refractivity contribution in [2.45, 2.75) is 76.4 Å². The molecule has 3 aliphatic rings. The number of ether oxygens (including phenoxy) is 2. The summed E-state index contributed by atoms with van der Waals surface area (Å²) in [6.07, 6.45) is 12.3. The Bertz CT molecular complexity index is 1460. The van der Waals surface area contributed by atoms with Crippen LogP contribution in [0, 0.1) is 11.8 Å². The third kappa shape index (κ3) is 6.58. The Labute approximate surface area is 253 Å². The molecule has 3 fully saturated rings. The number of hydrogen-bond acceptors (Lipinski definition) is 7. The highest BCUT2D eigenvalue weighted by Crippen LogP contribution is 2.52. The van der Waals surface area contributed by atoms with Crippen molar-refractivity contribution in [2.75, 3.05) is 13.2 Å². The summed E-state index contributed by atoms with van der Waals surface area (Å²) in [5.74, 6) is 6.74. The number of nitrogens with two attached hydrogens (primary N) is 2. The van der Waals surface area contributed by atoms with Gasteiger partial charge in [-0.25, -0.2) is 15.3 Å². The summed E-state index contributed by atoms with van der Waals surface area (Å²) in [6, 6.07) is 16.4. The molecular weight excluding hydrogens is 542 g/mol. The molecule has 0 bridgehead atoms. The number of carbonyl (C=O) groups is 1. The van der Waals surface area contributed by atoms with Gasteiger partial charge in [-0.2, -0.15) is 5.10 Å².